The molecule has 0 aromatic carbocycles. The molecule has 2 N–H and O–H groups in total. The fraction of sp³-hybridized carbons (Fsp3) is 0.625. The number of hydrogen-bond acceptors (Lipinski definition) is 4. The predicted octanol–water partition coefficient (Wildman–Crippen LogP) is 3.35. The van der Waals surface area contributed by atoms with Crippen LogP contribution in [0.15, 0.2) is 6.07 Å². The van der Waals surface area contributed by atoms with Gasteiger partial charge in [0, 0.05) is 17.0 Å². The average molecular weight is 306 g/mol. The van der Waals surface area contributed by atoms with E-state index in [2.05, 4.69) is 16.6 Å². The third-order valence-corrected chi connectivity index (χ3v) is 5.77. The quantitative estimate of drug-likeness (QED) is 0.893. The van der Waals surface area contributed by atoms with Crippen LogP contribution in [0.1, 0.15) is 53.7 Å². The minimum Gasteiger partial charge on any atom is -0.478 e. The van der Waals surface area contributed by atoms with Crippen LogP contribution < -0.4 is 5.32 Å². The lowest BCUT2D eigenvalue weighted by Crippen LogP contribution is -2.28. The van der Waals surface area contributed by atoms with Crippen LogP contribution in [0.3, 0.4) is 0 Å². The first-order valence-corrected chi connectivity index (χ1v) is 9.01. The Morgan fingerprint density at radius 3 is 2.76 bits per heavy atom. The molecule has 2 aliphatic rings. The van der Waals surface area contributed by atoms with Gasteiger partial charge in [-0.25, -0.2) is 9.78 Å². The minimum atomic E-state index is -0.877. The number of aromatic nitrogens is 1. The maximum atomic E-state index is 11.5. The molecule has 21 heavy (non-hydrogen) atoms. The number of carbonyl (C=O) groups is 1. The molecule has 1 fully saturated rings. The number of thioether (sulfide) groups is 1. The lowest BCUT2D eigenvalue weighted by Gasteiger charge is -2.29. The Morgan fingerprint density at radius 2 is 2.10 bits per heavy atom. The standard InChI is InChI=1S/C16H22N2O2S/c1-21-12-7-5-11(6-8-12)17-15-13(16(19)20)9-10-3-2-4-14(10)18-15/h9,11-12H,2-8H2,1H3,(H,17,18)(H,19,20). The molecule has 0 unspecified atom stereocenters. The summed E-state index contributed by atoms with van der Waals surface area (Å²) in [5, 5.41) is 13.6. The Morgan fingerprint density at radius 1 is 1.33 bits per heavy atom. The van der Waals surface area contributed by atoms with Crippen molar-refractivity contribution in [3.8, 4) is 0 Å². The van der Waals surface area contributed by atoms with E-state index in [0.29, 0.717) is 17.4 Å². The second kappa shape index (κ2) is 6.26. The van der Waals surface area contributed by atoms with E-state index in [1.807, 2.05) is 17.8 Å². The normalized spacial score (nSPS) is 24.6. The van der Waals surface area contributed by atoms with Gasteiger partial charge in [-0.2, -0.15) is 11.8 Å². The molecule has 0 atom stereocenters. The van der Waals surface area contributed by atoms with E-state index in [1.54, 1.807) is 0 Å². The van der Waals surface area contributed by atoms with Gasteiger partial charge in [0.15, 0.2) is 0 Å². The van der Waals surface area contributed by atoms with Crippen molar-refractivity contribution in [3.05, 3.63) is 22.9 Å². The second-order valence-electron chi connectivity index (χ2n) is 6.00. The smallest absolute Gasteiger partial charge is 0.339 e. The molecule has 0 spiro atoms. The fourth-order valence-electron chi connectivity index (χ4n) is 3.38. The number of fused-ring (bicyclic) bond motifs is 1. The van der Waals surface area contributed by atoms with Gasteiger partial charge in [-0.15, -0.1) is 0 Å². The van der Waals surface area contributed by atoms with Crippen molar-refractivity contribution < 1.29 is 9.90 Å². The summed E-state index contributed by atoms with van der Waals surface area (Å²) in [5.41, 5.74) is 2.53. The zero-order valence-electron chi connectivity index (χ0n) is 12.4. The van der Waals surface area contributed by atoms with Gasteiger partial charge in [-0.05, 0) is 62.8 Å². The third kappa shape index (κ3) is 3.18. The highest BCUT2D eigenvalue weighted by Gasteiger charge is 2.24. The van der Waals surface area contributed by atoms with E-state index in [4.69, 9.17) is 0 Å². The number of hydrogen-bond donors (Lipinski definition) is 2. The number of anilines is 1. The molecule has 5 heteroatoms. The Balaban J connectivity index is 1.77. The maximum Gasteiger partial charge on any atom is 0.339 e. The summed E-state index contributed by atoms with van der Waals surface area (Å²) >= 11 is 1.94. The summed E-state index contributed by atoms with van der Waals surface area (Å²) < 4.78 is 0. The maximum absolute atomic E-state index is 11.5. The molecule has 0 amide bonds. The lowest BCUT2D eigenvalue weighted by molar-refractivity contribution is 0.0697. The summed E-state index contributed by atoms with van der Waals surface area (Å²) in [6.07, 6.45) is 9.79. The van der Waals surface area contributed by atoms with E-state index in [-0.39, 0.29) is 0 Å². The van der Waals surface area contributed by atoms with Gasteiger partial charge in [0.2, 0.25) is 0 Å². The van der Waals surface area contributed by atoms with Crippen LogP contribution in [0.2, 0.25) is 0 Å². The highest BCUT2D eigenvalue weighted by atomic mass is 32.2. The average Bonchev–Trinajstić information content (AvgIpc) is 2.94. The van der Waals surface area contributed by atoms with Crippen molar-refractivity contribution >= 4 is 23.5 Å². The van der Waals surface area contributed by atoms with Gasteiger partial charge in [-0.1, -0.05) is 0 Å². The van der Waals surface area contributed by atoms with Gasteiger partial charge >= 0.3 is 5.97 Å². The summed E-state index contributed by atoms with van der Waals surface area (Å²) in [6, 6.07) is 2.19. The highest BCUT2D eigenvalue weighted by molar-refractivity contribution is 7.99. The van der Waals surface area contributed by atoms with E-state index >= 15 is 0 Å². The number of rotatable bonds is 4. The molecule has 1 aromatic heterocycles. The molecule has 0 saturated heterocycles. The van der Waals surface area contributed by atoms with Gasteiger partial charge in [0.05, 0.1) is 0 Å². The van der Waals surface area contributed by atoms with Crippen LogP contribution in [-0.2, 0) is 12.8 Å². The van der Waals surface area contributed by atoms with Crippen molar-refractivity contribution in [3.63, 3.8) is 0 Å². The van der Waals surface area contributed by atoms with Gasteiger partial charge < -0.3 is 10.4 Å². The van der Waals surface area contributed by atoms with Crippen LogP contribution in [0.4, 0.5) is 5.82 Å². The van der Waals surface area contributed by atoms with Crippen LogP contribution in [-0.4, -0.2) is 33.6 Å². The molecule has 1 saturated carbocycles. The van der Waals surface area contributed by atoms with Gasteiger partial charge in [-0.3, -0.25) is 0 Å². The monoisotopic (exact) mass is 306 g/mol. The topological polar surface area (TPSA) is 62.2 Å². The first-order valence-electron chi connectivity index (χ1n) is 7.73. The van der Waals surface area contributed by atoms with Crippen LogP contribution >= 0.6 is 11.8 Å². The second-order valence-corrected chi connectivity index (χ2v) is 7.14. The zero-order chi connectivity index (χ0) is 14.8. The Labute approximate surface area is 129 Å². The van der Waals surface area contributed by atoms with Crippen LogP contribution in [0, 0.1) is 0 Å². The van der Waals surface area contributed by atoms with Crippen molar-refractivity contribution in [1.29, 1.82) is 0 Å². The largest absolute Gasteiger partial charge is 0.478 e. The first kappa shape index (κ1) is 14.7. The van der Waals surface area contributed by atoms with E-state index in [9.17, 15) is 9.90 Å². The van der Waals surface area contributed by atoms with Crippen molar-refractivity contribution in [2.45, 2.75) is 56.2 Å². The Bertz CT molecular complexity index is 539. The van der Waals surface area contributed by atoms with Crippen LogP contribution in [0.5, 0.6) is 0 Å². The third-order valence-electron chi connectivity index (χ3n) is 4.63. The SMILES string of the molecule is CSC1CCC(Nc2nc3c(cc2C(=O)O)CCC3)CC1. The molecule has 2 aliphatic carbocycles. The van der Waals surface area contributed by atoms with E-state index in [1.165, 1.54) is 12.8 Å². The first-order chi connectivity index (χ1) is 10.2. The van der Waals surface area contributed by atoms with Crippen LogP contribution in [0.25, 0.3) is 0 Å². The van der Waals surface area contributed by atoms with E-state index < -0.39 is 5.97 Å². The number of nitrogens with zero attached hydrogens (tertiary/aromatic N) is 1. The molecule has 0 aliphatic heterocycles. The lowest BCUT2D eigenvalue weighted by atomic mass is 9.95. The molecule has 4 nitrogen and oxygen atoms in total. The summed E-state index contributed by atoms with van der Waals surface area (Å²) in [7, 11) is 0. The fourth-order valence-corrected chi connectivity index (χ4v) is 4.12. The minimum absolute atomic E-state index is 0.336. The number of nitrogens with one attached hydrogen (secondary N) is 1. The Hall–Kier alpha value is -1.23. The predicted molar refractivity (Wildman–Crippen MR) is 86.4 cm³/mol. The molecule has 1 heterocycles. The van der Waals surface area contributed by atoms with E-state index in [0.717, 1.165) is 48.6 Å². The molecular formula is C16H22N2O2S. The number of carboxylic acid groups (broad SMARTS) is 1. The summed E-state index contributed by atoms with van der Waals surface area (Å²) in [4.78, 5) is 16.1. The molecule has 3 rings (SSSR count). The molecular weight excluding hydrogens is 284 g/mol. The number of aromatic carboxylic acids is 1. The number of aryl methyl sites for hydroxylation is 2. The van der Waals surface area contributed by atoms with Gasteiger partial charge in [0.1, 0.15) is 11.4 Å². The summed E-state index contributed by atoms with van der Waals surface area (Å²) in [5.74, 6) is -0.298. The Kier molecular flexibility index (Phi) is 4.38. The number of pyridine rings is 1. The number of carboxylic acids is 1. The van der Waals surface area contributed by atoms with Crippen molar-refractivity contribution in [2.24, 2.45) is 0 Å². The van der Waals surface area contributed by atoms with Crippen molar-refractivity contribution in [2.75, 3.05) is 11.6 Å². The highest BCUT2D eigenvalue weighted by Crippen LogP contribution is 2.30. The molecule has 0 bridgehead atoms. The van der Waals surface area contributed by atoms with Crippen molar-refractivity contribution in [1.82, 2.24) is 4.98 Å². The molecule has 114 valence electrons. The zero-order valence-corrected chi connectivity index (χ0v) is 13.2. The summed E-state index contributed by atoms with van der Waals surface area (Å²) in [6.45, 7) is 0. The molecule has 0 radical (unpaired) electrons. The van der Waals surface area contributed by atoms with Gasteiger partial charge in [0.25, 0.3) is 0 Å². The molecule has 1 aromatic rings.